The Morgan fingerprint density at radius 1 is 1.09 bits per heavy atom. The van der Waals surface area contributed by atoms with Crippen molar-refractivity contribution < 1.29 is 4.74 Å². The van der Waals surface area contributed by atoms with Gasteiger partial charge in [0.2, 0.25) is 0 Å². The molecule has 0 spiro atoms. The first-order chi connectivity index (χ1) is 10.6. The molecule has 2 N–H and O–H groups in total. The third-order valence-electron chi connectivity index (χ3n) is 3.35. The summed E-state index contributed by atoms with van der Waals surface area (Å²) in [5.74, 6) is 0.861. The van der Waals surface area contributed by atoms with E-state index in [1.807, 2.05) is 31.2 Å². The highest BCUT2D eigenvalue weighted by Crippen LogP contribution is 2.17. The average molecular weight is 314 g/mol. The van der Waals surface area contributed by atoms with E-state index in [1.165, 1.54) is 11.1 Å². The van der Waals surface area contributed by atoms with Crippen LogP contribution in [0.15, 0.2) is 48.5 Å². The number of rotatable bonds is 5. The van der Waals surface area contributed by atoms with E-state index in [-0.39, 0.29) is 6.04 Å². The molecule has 0 aliphatic heterocycles. The van der Waals surface area contributed by atoms with Gasteiger partial charge in [0.25, 0.3) is 0 Å². The Morgan fingerprint density at radius 3 is 2.32 bits per heavy atom. The predicted molar refractivity (Wildman–Crippen MR) is 96.6 cm³/mol. The van der Waals surface area contributed by atoms with Crippen molar-refractivity contribution in [2.75, 3.05) is 11.9 Å². The van der Waals surface area contributed by atoms with Crippen LogP contribution in [0.25, 0.3) is 0 Å². The minimum atomic E-state index is 0.156. The lowest BCUT2D eigenvalue weighted by atomic mass is 10.1. The third kappa shape index (κ3) is 4.74. The Hall–Kier alpha value is -2.07. The van der Waals surface area contributed by atoms with Crippen LogP contribution in [0.4, 0.5) is 5.69 Å². The second kappa shape index (κ2) is 7.80. The van der Waals surface area contributed by atoms with Crippen molar-refractivity contribution in [3.63, 3.8) is 0 Å². The van der Waals surface area contributed by atoms with Crippen molar-refractivity contribution in [1.29, 1.82) is 0 Å². The molecule has 0 saturated heterocycles. The maximum absolute atomic E-state index is 5.42. The van der Waals surface area contributed by atoms with Gasteiger partial charge in [0, 0.05) is 5.69 Å². The topological polar surface area (TPSA) is 33.3 Å². The van der Waals surface area contributed by atoms with Gasteiger partial charge in [-0.1, -0.05) is 29.8 Å². The highest BCUT2D eigenvalue weighted by molar-refractivity contribution is 7.80. The van der Waals surface area contributed by atoms with Crippen LogP contribution in [-0.2, 0) is 0 Å². The Bertz CT molecular complexity index is 608. The van der Waals surface area contributed by atoms with E-state index in [0.717, 1.165) is 11.4 Å². The van der Waals surface area contributed by atoms with Crippen LogP contribution in [0.3, 0.4) is 0 Å². The molecule has 0 unspecified atom stereocenters. The smallest absolute Gasteiger partial charge is 0.171 e. The largest absolute Gasteiger partial charge is 0.494 e. The number of nitrogens with one attached hydrogen (secondary N) is 2. The van der Waals surface area contributed by atoms with Crippen LogP contribution < -0.4 is 15.4 Å². The molecule has 2 aromatic rings. The van der Waals surface area contributed by atoms with Crippen molar-refractivity contribution in [2.45, 2.75) is 26.8 Å². The van der Waals surface area contributed by atoms with Gasteiger partial charge in [-0.2, -0.15) is 0 Å². The number of hydrogen-bond donors (Lipinski definition) is 2. The molecule has 22 heavy (non-hydrogen) atoms. The minimum Gasteiger partial charge on any atom is -0.494 e. The maximum atomic E-state index is 5.42. The van der Waals surface area contributed by atoms with E-state index in [0.29, 0.717) is 11.7 Å². The Balaban J connectivity index is 1.90. The molecule has 2 rings (SSSR count). The normalized spacial score (nSPS) is 11.6. The summed E-state index contributed by atoms with van der Waals surface area (Å²) in [5, 5.41) is 7.09. The number of benzene rings is 2. The molecular weight excluding hydrogens is 292 g/mol. The number of anilines is 1. The van der Waals surface area contributed by atoms with Gasteiger partial charge in [0.1, 0.15) is 5.75 Å². The first kappa shape index (κ1) is 16.3. The zero-order valence-electron chi connectivity index (χ0n) is 13.2. The maximum Gasteiger partial charge on any atom is 0.171 e. The lowest BCUT2D eigenvalue weighted by Crippen LogP contribution is -2.30. The summed E-state index contributed by atoms with van der Waals surface area (Å²) in [6.45, 7) is 6.81. The standard InChI is InChI=1S/C18H22N2OS/c1-4-21-17-11-9-16(10-12-17)20-18(22)19-14(3)15-7-5-13(2)6-8-15/h5-12,14H,4H2,1-3H3,(H2,19,20,22)/t14-/m1/s1. The fraction of sp³-hybridized carbons (Fsp3) is 0.278. The fourth-order valence-electron chi connectivity index (χ4n) is 2.10. The second-order valence-corrected chi connectivity index (χ2v) is 5.60. The quantitative estimate of drug-likeness (QED) is 0.799. The SMILES string of the molecule is CCOc1ccc(NC(=S)N[C@H](C)c2ccc(C)cc2)cc1. The summed E-state index contributed by atoms with van der Waals surface area (Å²) in [4.78, 5) is 0. The van der Waals surface area contributed by atoms with Crippen molar-refractivity contribution in [3.8, 4) is 5.75 Å². The molecule has 0 fully saturated rings. The van der Waals surface area contributed by atoms with Crippen molar-refractivity contribution in [1.82, 2.24) is 5.32 Å². The number of ether oxygens (including phenoxy) is 1. The molecule has 0 aliphatic rings. The van der Waals surface area contributed by atoms with Gasteiger partial charge < -0.3 is 15.4 Å². The Kier molecular flexibility index (Phi) is 5.78. The van der Waals surface area contributed by atoms with Gasteiger partial charge in [0.15, 0.2) is 5.11 Å². The molecule has 3 nitrogen and oxygen atoms in total. The van der Waals surface area contributed by atoms with E-state index in [9.17, 15) is 0 Å². The molecule has 0 saturated carbocycles. The van der Waals surface area contributed by atoms with Gasteiger partial charge in [0.05, 0.1) is 12.6 Å². The van der Waals surface area contributed by atoms with Crippen LogP contribution in [0.5, 0.6) is 5.75 Å². The number of hydrogen-bond acceptors (Lipinski definition) is 2. The highest BCUT2D eigenvalue weighted by Gasteiger charge is 2.07. The summed E-state index contributed by atoms with van der Waals surface area (Å²) in [7, 11) is 0. The van der Waals surface area contributed by atoms with Gasteiger partial charge in [-0.3, -0.25) is 0 Å². The molecule has 0 bridgehead atoms. The third-order valence-corrected chi connectivity index (χ3v) is 3.57. The van der Waals surface area contributed by atoms with Gasteiger partial charge in [-0.15, -0.1) is 0 Å². The first-order valence-electron chi connectivity index (χ1n) is 7.45. The molecule has 0 amide bonds. The van der Waals surface area contributed by atoms with Gasteiger partial charge >= 0.3 is 0 Å². The summed E-state index contributed by atoms with van der Waals surface area (Å²) < 4.78 is 5.42. The van der Waals surface area contributed by atoms with Crippen LogP contribution in [-0.4, -0.2) is 11.7 Å². The Labute approximate surface area is 137 Å². The van der Waals surface area contributed by atoms with E-state index in [4.69, 9.17) is 17.0 Å². The minimum absolute atomic E-state index is 0.156. The lowest BCUT2D eigenvalue weighted by molar-refractivity contribution is 0.340. The summed E-state index contributed by atoms with van der Waals surface area (Å²) in [5.41, 5.74) is 3.41. The number of thiocarbonyl (C=S) groups is 1. The van der Waals surface area contributed by atoms with Crippen LogP contribution in [0.2, 0.25) is 0 Å². The lowest BCUT2D eigenvalue weighted by Gasteiger charge is -2.17. The predicted octanol–water partition coefficient (Wildman–Crippen LogP) is 4.44. The Morgan fingerprint density at radius 2 is 1.73 bits per heavy atom. The van der Waals surface area contributed by atoms with Crippen LogP contribution in [0, 0.1) is 6.92 Å². The first-order valence-corrected chi connectivity index (χ1v) is 7.86. The molecule has 4 heteroatoms. The zero-order chi connectivity index (χ0) is 15.9. The molecule has 0 heterocycles. The van der Waals surface area contributed by atoms with E-state index >= 15 is 0 Å². The van der Waals surface area contributed by atoms with E-state index < -0.39 is 0 Å². The summed E-state index contributed by atoms with van der Waals surface area (Å²) >= 11 is 5.37. The molecule has 116 valence electrons. The number of aryl methyl sites for hydroxylation is 1. The summed E-state index contributed by atoms with van der Waals surface area (Å²) in [6, 6.07) is 16.4. The highest BCUT2D eigenvalue weighted by atomic mass is 32.1. The fourth-order valence-corrected chi connectivity index (χ4v) is 2.40. The monoisotopic (exact) mass is 314 g/mol. The molecule has 0 aliphatic carbocycles. The van der Waals surface area contributed by atoms with Gasteiger partial charge in [-0.25, -0.2) is 0 Å². The molecule has 1 atom stereocenters. The second-order valence-electron chi connectivity index (χ2n) is 5.19. The molecule has 0 radical (unpaired) electrons. The van der Waals surface area contributed by atoms with E-state index in [1.54, 1.807) is 0 Å². The van der Waals surface area contributed by atoms with Gasteiger partial charge in [-0.05, 0) is 62.8 Å². The van der Waals surface area contributed by atoms with Crippen molar-refractivity contribution in [3.05, 3.63) is 59.7 Å². The summed E-state index contributed by atoms with van der Waals surface area (Å²) in [6.07, 6.45) is 0. The van der Waals surface area contributed by atoms with Crippen LogP contribution >= 0.6 is 12.2 Å². The van der Waals surface area contributed by atoms with Crippen molar-refractivity contribution in [2.24, 2.45) is 0 Å². The molecular formula is C18H22N2OS. The zero-order valence-corrected chi connectivity index (χ0v) is 14.0. The molecule has 2 aromatic carbocycles. The van der Waals surface area contributed by atoms with Crippen molar-refractivity contribution >= 4 is 23.0 Å². The van der Waals surface area contributed by atoms with Crippen LogP contribution in [0.1, 0.15) is 31.0 Å². The van der Waals surface area contributed by atoms with E-state index in [2.05, 4.69) is 48.7 Å². The average Bonchev–Trinajstić information content (AvgIpc) is 2.50. The molecule has 0 aromatic heterocycles.